The van der Waals surface area contributed by atoms with Gasteiger partial charge in [-0.3, -0.25) is 4.79 Å². The molecule has 0 saturated heterocycles. The highest BCUT2D eigenvalue weighted by atomic mass is 16.7. The largest absolute Gasteiger partial charge is 0.492 e. The van der Waals surface area contributed by atoms with Crippen molar-refractivity contribution in [3.05, 3.63) is 24.0 Å². The fourth-order valence-electron chi connectivity index (χ4n) is 1.03. The first kappa shape index (κ1) is 19.1. The Morgan fingerprint density at radius 1 is 1.22 bits per heavy atom. The molecule has 18 heavy (non-hydrogen) atoms. The highest BCUT2D eigenvalue weighted by Gasteiger charge is 2.04. The van der Waals surface area contributed by atoms with Crippen LogP contribution in [0, 0.1) is 0 Å². The Morgan fingerprint density at radius 3 is 2.28 bits per heavy atom. The van der Waals surface area contributed by atoms with Crippen LogP contribution in [0.15, 0.2) is 24.0 Å². The Hall–Kier alpha value is -1.29. The molecule has 0 amide bonds. The molecule has 0 aliphatic heterocycles. The molecule has 0 aromatic carbocycles. The lowest BCUT2D eigenvalue weighted by Gasteiger charge is -2.13. The van der Waals surface area contributed by atoms with E-state index in [1.165, 1.54) is 6.92 Å². The van der Waals surface area contributed by atoms with E-state index in [1.807, 2.05) is 45.9 Å². The summed E-state index contributed by atoms with van der Waals surface area (Å²) in [6.07, 6.45) is 5.11. The third kappa shape index (κ3) is 12.8. The lowest BCUT2D eigenvalue weighted by atomic mass is 10.4. The van der Waals surface area contributed by atoms with Crippen LogP contribution in [0.5, 0.6) is 0 Å². The molecule has 0 aromatic heterocycles. The molecule has 0 saturated carbocycles. The maximum Gasteiger partial charge on any atom is 0.304 e. The molecule has 0 rings (SSSR count). The van der Waals surface area contributed by atoms with Gasteiger partial charge in [0.05, 0.1) is 6.61 Å². The van der Waals surface area contributed by atoms with E-state index >= 15 is 0 Å². The summed E-state index contributed by atoms with van der Waals surface area (Å²) in [6.45, 7) is 11.6. The van der Waals surface area contributed by atoms with Crippen molar-refractivity contribution < 1.29 is 19.0 Å². The standard InChI is InChI=1S/C12H20O4.C2H6/c1-5-7-12(6-2)15-9-8-14-11(4)16-10(3)13;1-2/h5-7,11H,8-9H2,1-4H3;1-2H3/b7-5-,12-6+;. The Kier molecular flexibility index (Phi) is 14.6. The summed E-state index contributed by atoms with van der Waals surface area (Å²) in [6, 6.07) is 0. The zero-order valence-electron chi connectivity index (χ0n) is 12.4. The van der Waals surface area contributed by atoms with Crippen molar-refractivity contribution in [1.29, 1.82) is 0 Å². The molecule has 0 heterocycles. The molecule has 0 spiro atoms. The van der Waals surface area contributed by atoms with Crippen LogP contribution in [0.3, 0.4) is 0 Å². The minimum absolute atomic E-state index is 0.350. The Morgan fingerprint density at radius 2 is 1.83 bits per heavy atom. The molecule has 4 nitrogen and oxygen atoms in total. The molecular formula is C14H26O4. The van der Waals surface area contributed by atoms with Gasteiger partial charge in [-0.15, -0.1) is 0 Å². The van der Waals surface area contributed by atoms with Gasteiger partial charge in [0, 0.05) is 6.92 Å². The maximum atomic E-state index is 10.6. The second-order valence-corrected chi connectivity index (χ2v) is 3.09. The monoisotopic (exact) mass is 258 g/mol. The van der Waals surface area contributed by atoms with Gasteiger partial charge in [0.25, 0.3) is 0 Å². The number of ether oxygens (including phenoxy) is 3. The van der Waals surface area contributed by atoms with Crippen molar-refractivity contribution in [2.24, 2.45) is 0 Å². The molecule has 0 N–H and O–H groups in total. The van der Waals surface area contributed by atoms with Gasteiger partial charge in [-0.2, -0.15) is 0 Å². The van der Waals surface area contributed by atoms with E-state index in [-0.39, 0.29) is 5.97 Å². The Balaban J connectivity index is 0. The highest BCUT2D eigenvalue weighted by molar-refractivity contribution is 5.65. The third-order valence-corrected chi connectivity index (χ3v) is 1.65. The Bertz CT molecular complexity index is 257. The predicted octanol–water partition coefficient (Wildman–Crippen LogP) is 3.43. The number of esters is 1. The second-order valence-electron chi connectivity index (χ2n) is 3.09. The van der Waals surface area contributed by atoms with Gasteiger partial charge in [-0.05, 0) is 32.9 Å². The molecule has 0 aliphatic carbocycles. The van der Waals surface area contributed by atoms with E-state index in [0.717, 1.165) is 5.76 Å². The number of hydrogen-bond acceptors (Lipinski definition) is 4. The average Bonchev–Trinajstić information content (AvgIpc) is 2.34. The normalized spacial score (nSPS) is 12.7. The van der Waals surface area contributed by atoms with E-state index in [9.17, 15) is 4.79 Å². The SMILES string of the molecule is C/C=C\C(=C/C)OCCOC(C)OC(C)=O.CC. The van der Waals surface area contributed by atoms with Gasteiger partial charge in [-0.1, -0.05) is 19.9 Å². The van der Waals surface area contributed by atoms with Gasteiger partial charge >= 0.3 is 5.97 Å². The van der Waals surface area contributed by atoms with Crippen LogP contribution < -0.4 is 0 Å². The van der Waals surface area contributed by atoms with Crippen molar-refractivity contribution in [1.82, 2.24) is 0 Å². The predicted molar refractivity (Wildman–Crippen MR) is 73.1 cm³/mol. The summed E-state index contributed by atoms with van der Waals surface area (Å²) >= 11 is 0. The molecule has 1 unspecified atom stereocenters. The minimum Gasteiger partial charge on any atom is -0.492 e. The summed E-state index contributed by atoms with van der Waals surface area (Å²) in [7, 11) is 0. The van der Waals surface area contributed by atoms with Gasteiger partial charge in [0.1, 0.15) is 12.4 Å². The van der Waals surface area contributed by atoms with Crippen molar-refractivity contribution in [2.45, 2.75) is 47.8 Å². The molecule has 106 valence electrons. The first-order valence-corrected chi connectivity index (χ1v) is 6.30. The molecule has 0 aromatic rings. The second kappa shape index (κ2) is 13.8. The number of rotatable bonds is 7. The molecule has 0 radical (unpaired) electrons. The van der Waals surface area contributed by atoms with Crippen molar-refractivity contribution in [3.8, 4) is 0 Å². The number of allylic oxidation sites excluding steroid dienone is 3. The fraction of sp³-hybridized carbons (Fsp3) is 0.643. The molecule has 0 aliphatic rings. The maximum absolute atomic E-state index is 10.6. The van der Waals surface area contributed by atoms with E-state index in [2.05, 4.69) is 0 Å². The fourth-order valence-corrected chi connectivity index (χ4v) is 1.03. The van der Waals surface area contributed by atoms with Crippen LogP contribution in [0.4, 0.5) is 0 Å². The Labute approximate surface area is 111 Å². The number of carbonyl (C=O) groups is 1. The molecule has 4 heteroatoms. The molecule has 0 bridgehead atoms. The van der Waals surface area contributed by atoms with E-state index < -0.39 is 6.29 Å². The van der Waals surface area contributed by atoms with Crippen LogP contribution in [0.2, 0.25) is 0 Å². The number of carbonyl (C=O) groups excluding carboxylic acids is 1. The molecule has 1 atom stereocenters. The van der Waals surface area contributed by atoms with Crippen LogP contribution in [-0.4, -0.2) is 25.5 Å². The lowest BCUT2D eigenvalue weighted by molar-refractivity contribution is -0.173. The summed E-state index contributed by atoms with van der Waals surface area (Å²) in [4.78, 5) is 10.6. The first-order valence-electron chi connectivity index (χ1n) is 6.30. The summed E-state index contributed by atoms with van der Waals surface area (Å²) < 4.78 is 15.4. The van der Waals surface area contributed by atoms with Gasteiger partial charge in [0.2, 0.25) is 0 Å². The van der Waals surface area contributed by atoms with Crippen molar-refractivity contribution in [2.75, 3.05) is 13.2 Å². The highest BCUT2D eigenvalue weighted by Crippen LogP contribution is 2.00. The van der Waals surface area contributed by atoms with Crippen LogP contribution in [0.1, 0.15) is 41.5 Å². The van der Waals surface area contributed by atoms with Gasteiger partial charge in [0.15, 0.2) is 6.29 Å². The number of hydrogen-bond donors (Lipinski definition) is 0. The summed E-state index contributed by atoms with van der Waals surface area (Å²) in [5, 5.41) is 0. The lowest BCUT2D eigenvalue weighted by Crippen LogP contribution is -2.18. The minimum atomic E-state index is -0.531. The van der Waals surface area contributed by atoms with Crippen molar-refractivity contribution >= 4 is 5.97 Å². The molecule has 0 fully saturated rings. The van der Waals surface area contributed by atoms with E-state index in [4.69, 9.17) is 14.2 Å². The van der Waals surface area contributed by atoms with Gasteiger partial charge in [-0.25, -0.2) is 0 Å². The van der Waals surface area contributed by atoms with Crippen LogP contribution in [-0.2, 0) is 19.0 Å². The summed E-state index contributed by atoms with van der Waals surface area (Å²) in [5.41, 5.74) is 0. The van der Waals surface area contributed by atoms with Crippen LogP contribution >= 0.6 is 0 Å². The zero-order valence-corrected chi connectivity index (χ0v) is 12.4. The smallest absolute Gasteiger partial charge is 0.304 e. The average molecular weight is 258 g/mol. The topological polar surface area (TPSA) is 44.8 Å². The van der Waals surface area contributed by atoms with E-state index in [1.54, 1.807) is 6.92 Å². The van der Waals surface area contributed by atoms with E-state index in [0.29, 0.717) is 13.2 Å². The van der Waals surface area contributed by atoms with Gasteiger partial charge < -0.3 is 14.2 Å². The third-order valence-electron chi connectivity index (χ3n) is 1.65. The van der Waals surface area contributed by atoms with Crippen LogP contribution in [0.25, 0.3) is 0 Å². The first-order chi connectivity index (χ1) is 8.60. The van der Waals surface area contributed by atoms with Crippen molar-refractivity contribution in [3.63, 3.8) is 0 Å². The summed E-state index contributed by atoms with van der Waals surface area (Å²) in [5.74, 6) is 0.447. The zero-order chi connectivity index (χ0) is 14.4. The molecular weight excluding hydrogens is 232 g/mol. The quantitative estimate of drug-likeness (QED) is 0.231.